The van der Waals surface area contributed by atoms with E-state index in [0.717, 1.165) is 11.8 Å². The summed E-state index contributed by atoms with van der Waals surface area (Å²) in [5.41, 5.74) is 0.571. The Labute approximate surface area is 188 Å². The summed E-state index contributed by atoms with van der Waals surface area (Å²) in [5, 5.41) is 8.11. The highest BCUT2D eigenvalue weighted by Crippen LogP contribution is 2.20. The van der Waals surface area contributed by atoms with Crippen molar-refractivity contribution in [1.82, 2.24) is 15.3 Å². The number of para-hydroxylation sites is 1. The number of ether oxygens (including phenoxy) is 1. The lowest BCUT2D eigenvalue weighted by Gasteiger charge is -2.11. The van der Waals surface area contributed by atoms with Crippen LogP contribution in [0.2, 0.25) is 0 Å². The molecule has 2 heterocycles. The second-order valence-electron chi connectivity index (χ2n) is 6.23. The fourth-order valence-corrected chi connectivity index (χ4v) is 3.11. The largest absolute Gasteiger partial charge is 0.467 e. The molecule has 166 valence electrons. The van der Waals surface area contributed by atoms with E-state index < -0.39 is 12.0 Å². The summed E-state index contributed by atoms with van der Waals surface area (Å²) in [7, 11) is 0. The summed E-state index contributed by atoms with van der Waals surface area (Å²) >= 11 is 1.06. The van der Waals surface area contributed by atoms with Crippen LogP contribution in [0, 0.1) is 0 Å². The molecule has 0 radical (unpaired) electrons. The third-order valence-electron chi connectivity index (χ3n) is 3.90. The first-order chi connectivity index (χ1) is 15.5. The minimum Gasteiger partial charge on any atom is -0.467 e. The molecule has 10 nitrogen and oxygen atoms in total. The average Bonchev–Trinajstić information content (AvgIpc) is 3.31. The second kappa shape index (κ2) is 11.5. The Morgan fingerprint density at radius 3 is 2.62 bits per heavy atom. The number of furan rings is 1. The number of urea groups is 1. The molecule has 32 heavy (non-hydrogen) atoms. The van der Waals surface area contributed by atoms with Crippen LogP contribution >= 0.6 is 11.8 Å². The van der Waals surface area contributed by atoms with Gasteiger partial charge in [-0.2, -0.15) is 0 Å². The quantitative estimate of drug-likeness (QED) is 0.254. The lowest BCUT2D eigenvalue weighted by Crippen LogP contribution is -2.25. The van der Waals surface area contributed by atoms with Crippen molar-refractivity contribution in [2.24, 2.45) is 0 Å². The molecule has 0 aliphatic carbocycles. The number of rotatable bonds is 9. The number of benzene rings is 1. The van der Waals surface area contributed by atoms with E-state index in [1.165, 1.54) is 12.5 Å². The lowest BCUT2D eigenvalue weighted by molar-refractivity contribution is -0.118. The third-order valence-corrected chi connectivity index (χ3v) is 4.76. The highest BCUT2D eigenvalue weighted by Gasteiger charge is 2.19. The van der Waals surface area contributed by atoms with Crippen molar-refractivity contribution in [2.75, 3.05) is 23.0 Å². The second-order valence-corrected chi connectivity index (χ2v) is 7.17. The van der Waals surface area contributed by atoms with Gasteiger partial charge in [0.05, 0.1) is 25.2 Å². The Morgan fingerprint density at radius 2 is 1.91 bits per heavy atom. The zero-order chi connectivity index (χ0) is 22.8. The number of amides is 3. The van der Waals surface area contributed by atoms with E-state index in [1.807, 2.05) is 6.07 Å². The normalized spacial score (nSPS) is 10.3. The lowest BCUT2D eigenvalue weighted by atomic mass is 10.3. The minimum absolute atomic E-state index is 0.00156. The van der Waals surface area contributed by atoms with Gasteiger partial charge in [0.1, 0.15) is 11.3 Å². The van der Waals surface area contributed by atoms with Crippen LogP contribution in [-0.4, -0.2) is 40.2 Å². The maximum Gasteiger partial charge on any atom is 0.343 e. The highest BCUT2D eigenvalue weighted by atomic mass is 32.2. The number of hydrogen-bond acceptors (Lipinski definition) is 8. The first-order valence-electron chi connectivity index (χ1n) is 9.64. The summed E-state index contributed by atoms with van der Waals surface area (Å²) in [6, 6.07) is 11.7. The molecule has 3 N–H and O–H groups in total. The summed E-state index contributed by atoms with van der Waals surface area (Å²) in [4.78, 5) is 45.0. The number of thioether (sulfide) groups is 1. The molecule has 3 aromatic rings. The summed E-state index contributed by atoms with van der Waals surface area (Å²) in [5.74, 6) is -0.273. The number of aromatic nitrogens is 2. The number of anilines is 2. The van der Waals surface area contributed by atoms with Crippen LogP contribution in [0.25, 0.3) is 0 Å². The molecule has 1 aromatic carbocycles. The fraction of sp³-hybridized carbons (Fsp3) is 0.190. The summed E-state index contributed by atoms with van der Waals surface area (Å²) in [6.07, 6.45) is 2.78. The number of carbonyl (C=O) groups is 3. The number of nitrogens with one attached hydrogen (secondary N) is 3. The predicted octanol–water partition coefficient (Wildman–Crippen LogP) is 3.30. The van der Waals surface area contributed by atoms with Gasteiger partial charge in [0.2, 0.25) is 5.91 Å². The van der Waals surface area contributed by atoms with E-state index in [0.29, 0.717) is 11.4 Å². The van der Waals surface area contributed by atoms with Crippen LogP contribution in [0.3, 0.4) is 0 Å². The predicted molar refractivity (Wildman–Crippen MR) is 118 cm³/mol. The molecule has 0 fully saturated rings. The number of hydrogen-bond donors (Lipinski definition) is 3. The summed E-state index contributed by atoms with van der Waals surface area (Å²) < 4.78 is 10.2. The molecular formula is C21H21N5O5S. The van der Waals surface area contributed by atoms with Crippen molar-refractivity contribution in [3.63, 3.8) is 0 Å². The van der Waals surface area contributed by atoms with Crippen LogP contribution in [0.15, 0.2) is 64.5 Å². The molecule has 0 unspecified atom stereocenters. The van der Waals surface area contributed by atoms with Crippen molar-refractivity contribution in [3.05, 3.63) is 66.2 Å². The van der Waals surface area contributed by atoms with Gasteiger partial charge >= 0.3 is 12.0 Å². The van der Waals surface area contributed by atoms with Gasteiger partial charge in [0, 0.05) is 11.9 Å². The Bertz CT molecular complexity index is 1060. The van der Waals surface area contributed by atoms with Crippen LogP contribution in [0.1, 0.15) is 23.0 Å². The van der Waals surface area contributed by atoms with E-state index >= 15 is 0 Å². The molecule has 0 aliphatic rings. The Kier molecular flexibility index (Phi) is 8.21. The monoisotopic (exact) mass is 455 g/mol. The molecular weight excluding hydrogens is 434 g/mol. The van der Waals surface area contributed by atoms with E-state index in [4.69, 9.17) is 9.15 Å². The minimum atomic E-state index is -0.671. The standard InChI is InChI=1S/C21H21N5O5S/c1-2-30-19(28)16-12-23-21(32-13-17(27)22-11-15-9-6-10-31-15)26-18(16)25-20(29)24-14-7-4-3-5-8-14/h3-10,12H,2,11,13H2,1H3,(H,22,27)(H2,23,24,25,26,29). The molecule has 0 spiro atoms. The number of nitrogens with zero attached hydrogens (tertiary/aromatic N) is 2. The topological polar surface area (TPSA) is 135 Å². The van der Waals surface area contributed by atoms with E-state index in [-0.39, 0.29) is 41.3 Å². The van der Waals surface area contributed by atoms with Gasteiger partial charge in [-0.1, -0.05) is 30.0 Å². The van der Waals surface area contributed by atoms with Gasteiger partial charge in [-0.05, 0) is 31.2 Å². The van der Waals surface area contributed by atoms with Gasteiger partial charge in [0.25, 0.3) is 0 Å². The molecule has 3 amide bonds. The zero-order valence-electron chi connectivity index (χ0n) is 17.2. The summed E-state index contributed by atoms with van der Waals surface area (Å²) in [6.45, 7) is 2.09. The molecule has 0 atom stereocenters. The molecule has 11 heteroatoms. The van der Waals surface area contributed by atoms with Gasteiger partial charge in [0.15, 0.2) is 11.0 Å². The van der Waals surface area contributed by atoms with Crippen molar-refractivity contribution >= 4 is 41.2 Å². The smallest absolute Gasteiger partial charge is 0.343 e. The number of carbonyl (C=O) groups excluding carboxylic acids is 3. The highest BCUT2D eigenvalue weighted by molar-refractivity contribution is 7.99. The van der Waals surface area contributed by atoms with Crippen LogP contribution in [0.4, 0.5) is 16.3 Å². The van der Waals surface area contributed by atoms with Crippen molar-refractivity contribution in [3.8, 4) is 0 Å². The van der Waals surface area contributed by atoms with Crippen molar-refractivity contribution in [1.29, 1.82) is 0 Å². The van der Waals surface area contributed by atoms with Crippen LogP contribution in [-0.2, 0) is 16.1 Å². The maximum absolute atomic E-state index is 12.4. The van der Waals surface area contributed by atoms with Crippen LogP contribution in [0.5, 0.6) is 0 Å². The number of esters is 1. The van der Waals surface area contributed by atoms with Gasteiger partial charge < -0.3 is 19.8 Å². The van der Waals surface area contributed by atoms with E-state index in [2.05, 4.69) is 25.9 Å². The molecule has 0 saturated carbocycles. The SMILES string of the molecule is CCOC(=O)c1cnc(SCC(=O)NCc2ccco2)nc1NC(=O)Nc1ccccc1. The van der Waals surface area contributed by atoms with Crippen LogP contribution < -0.4 is 16.0 Å². The molecule has 2 aromatic heterocycles. The fourth-order valence-electron chi connectivity index (χ4n) is 2.46. The van der Waals surface area contributed by atoms with Crippen molar-refractivity contribution < 1.29 is 23.5 Å². The Hall–Kier alpha value is -3.86. The molecule has 3 rings (SSSR count). The Balaban J connectivity index is 1.65. The van der Waals surface area contributed by atoms with Gasteiger partial charge in [-0.15, -0.1) is 0 Å². The zero-order valence-corrected chi connectivity index (χ0v) is 18.0. The van der Waals surface area contributed by atoms with E-state index in [9.17, 15) is 14.4 Å². The maximum atomic E-state index is 12.4. The first-order valence-corrected chi connectivity index (χ1v) is 10.6. The molecule has 0 aliphatic heterocycles. The van der Waals surface area contributed by atoms with Gasteiger partial charge in [-0.25, -0.2) is 19.6 Å². The third kappa shape index (κ3) is 6.84. The first kappa shape index (κ1) is 22.8. The average molecular weight is 455 g/mol. The van der Waals surface area contributed by atoms with Gasteiger partial charge in [-0.3, -0.25) is 10.1 Å². The molecule has 0 saturated heterocycles. The van der Waals surface area contributed by atoms with Crippen molar-refractivity contribution in [2.45, 2.75) is 18.6 Å². The molecule has 0 bridgehead atoms. The van der Waals surface area contributed by atoms with E-state index in [1.54, 1.807) is 43.3 Å². The Morgan fingerprint density at radius 1 is 1.09 bits per heavy atom.